The lowest BCUT2D eigenvalue weighted by Crippen LogP contribution is -2.41. The molecule has 1 amide bonds. The number of piperidine rings is 1. The number of hydrogen-bond acceptors (Lipinski definition) is 3. The molecule has 0 radical (unpaired) electrons. The second kappa shape index (κ2) is 7.41. The first kappa shape index (κ1) is 15.8. The van der Waals surface area contributed by atoms with Crippen molar-refractivity contribution in [1.29, 1.82) is 0 Å². The van der Waals surface area contributed by atoms with Crippen molar-refractivity contribution < 1.29 is 4.79 Å². The minimum atomic E-state index is -0.192. The van der Waals surface area contributed by atoms with Crippen LogP contribution in [-0.4, -0.2) is 42.0 Å². The van der Waals surface area contributed by atoms with Crippen molar-refractivity contribution >= 4 is 5.91 Å². The molecule has 2 rings (SSSR count). The van der Waals surface area contributed by atoms with Crippen molar-refractivity contribution in [2.75, 3.05) is 26.2 Å². The van der Waals surface area contributed by atoms with E-state index in [1.165, 1.54) is 6.07 Å². The summed E-state index contributed by atoms with van der Waals surface area (Å²) in [5, 5.41) is 3.34. The highest BCUT2D eigenvalue weighted by Crippen LogP contribution is 2.15. The molecular formula is C16H25N3O2. The molecule has 0 saturated carbocycles. The lowest BCUT2D eigenvalue weighted by molar-refractivity contribution is 0.0714. The molecule has 1 aromatic heterocycles. The highest BCUT2D eigenvalue weighted by Gasteiger charge is 2.22. The van der Waals surface area contributed by atoms with Crippen LogP contribution >= 0.6 is 0 Å². The molecule has 1 aromatic rings. The number of nitrogens with one attached hydrogen (secondary N) is 2. The van der Waals surface area contributed by atoms with E-state index in [4.69, 9.17) is 0 Å². The maximum atomic E-state index is 12.6. The van der Waals surface area contributed by atoms with Crippen molar-refractivity contribution in [3.8, 4) is 0 Å². The Kier molecular flexibility index (Phi) is 5.56. The standard InChI is InChI=1S/C16H25N3O2/c1-3-8-19(11-13-4-6-17-7-5-13)16(21)14-10-18-12(2)9-15(14)20/h9-10,13,17H,3-8,11H2,1-2H3,(H,18,20). The topological polar surface area (TPSA) is 65.2 Å². The first-order chi connectivity index (χ1) is 10.1. The van der Waals surface area contributed by atoms with Gasteiger partial charge in [-0.05, 0) is 45.2 Å². The Morgan fingerprint density at radius 1 is 1.38 bits per heavy atom. The number of amides is 1. The number of aryl methyl sites for hydroxylation is 1. The van der Waals surface area contributed by atoms with Crippen LogP contribution in [0.4, 0.5) is 0 Å². The molecule has 116 valence electrons. The van der Waals surface area contributed by atoms with E-state index in [9.17, 15) is 9.59 Å². The Bertz CT molecular complexity index is 533. The van der Waals surface area contributed by atoms with Crippen LogP contribution in [0.3, 0.4) is 0 Å². The fraction of sp³-hybridized carbons (Fsp3) is 0.625. The minimum Gasteiger partial charge on any atom is -0.364 e. The van der Waals surface area contributed by atoms with Gasteiger partial charge in [0.25, 0.3) is 5.91 Å². The third-order valence-electron chi connectivity index (χ3n) is 4.01. The molecular weight excluding hydrogens is 266 g/mol. The first-order valence-corrected chi connectivity index (χ1v) is 7.81. The van der Waals surface area contributed by atoms with Crippen LogP contribution in [0.25, 0.3) is 0 Å². The van der Waals surface area contributed by atoms with E-state index in [1.807, 2.05) is 11.8 Å². The average molecular weight is 291 g/mol. The van der Waals surface area contributed by atoms with Crippen molar-refractivity contribution in [2.24, 2.45) is 5.92 Å². The molecule has 1 aliphatic heterocycles. The molecule has 5 heteroatoms. The highest BCUT2D eigenvalue weighted by molar-refractivity contribution is 5.93. The van der Waals surface area contributed by atoms with E-state index in [1.54, 1.807) is 6.20 Å². The lowest BCUT2D eigenvalue weighted by Gasteiger charge is -2.30. The van der Waals surface area contributed by atoms with Gasteiger partial charge in [-0.1, -0.05) is 6.92 Å². The van der Waals surface area contributed by atoms with Crippen molar-refractivity contribution in [1.82, 2.24) is 15.2 Å². The summed E-state index contributed by atoms with van der Waals surface area (Å²) >= 11 is 0. The van der Waals surface area contributed by atoms with Crippen LogP contribution in [0.5, 0.6) is 0 Å². The molecule has 1 fully saturated rings. The zero-order chi connectivity index (χ0) is 15.2. The highest BCUT2D eigenvalue weighted by atomic mass is 16.2. The van der Waals surface area contributed by atoms with Gasteiger partial charge >= 0.3 is 0 Å². The normalized spacial score (nSPS) is 15.9. The smallest absolute Gasteiger partial charge is 0.259 e. The van der Waals surface area contributed by atoms with E-state index < -0.39 is 0 Å². The molecule has 0 aromatic carbocycles. The van der Waals surface area contributed by atoms with E-state index in [0.717, 1.165) is 44.6 Å². The molecule has 5 nitrogen and oxygen atoms in total. The molecule has 1 aliphatic rings. The number of nitrogens with zero attached hydrogens (tertiary/aromatic N) is 1. The van der Waals surface area contributed by atoms with Gasteiger partial charge in [0, 0.05) is 31.0 Å². The first-order valence-electron chi connectivity index (χ1n) is 7.81. The van der Waals surface area contributed by atoms with Crippen LogP contribution in [0, 0.1) is 12.8 Å². The summed E-state index contributed by atoms with van der Waals surface area (Å²) in [4.78, 5) is 29.4. The van der Waals surface area contributed by atoms with Crippen LogP contribution < -0.4 is 10.7 Å². The zero-order valence-electron chi connectivity index (χ0n) is 12.9. The van der Waals surface area contributed by atoms with Gasteiger partial charge in [-0.3, -0.25) is 9.59 Å². The average Bonchev–Trinajstić information content (AvgIpc) is 2.47. The Morgan fingerprint density at radius 3 is 2.71 bits per heavy atom. The Balaban J connectivity index is 2.12. The Labute approximate surface area is 125 Å². The molecule has 0 bridgehead atoms. The van der Waals surface area contributed by atoms with Gasteiger partial charge in [0.05, 0.1) is 0 Å². The Hall–Kier alpha value is -1.62. The van der Waals surface area contributed by atoms with Crippen LogP contribution in [0.2, 0.25) is 0 Å². The van der Waals surface area contributed by atoms with Crippen molar-refractivity contribution in [2.45, 2.75) is 33.1 Å². The molecule has 2 N–H and O–H groups in total. The summed E-state index contributed by atoms with van der Waals surface area (Å²) in [5.74, 6) is 0.392. The predicted octanol–water partition coefficient (Wildman–Crippen LogP) is 1.54. The number of H-pyrrole nitrogens is 1. The van der Waals surface area contributed by atoms with Gasteiger partial charge in [-0.25, -0.2) is 0 Å². The number of hydrogen-bond donors (Lipinski definition) is 2. The molecule has 0 aliphatic carbocycles. The number of aromatic nitrogens is 1. The fourth-order valence-electron chi connectivity index (χ4n) is 2.83. The molecule has 0 atom stereocenters. The summed E-state index contributed by atoms with van der Waals surface area (Å²) in [6.07, 6.45) is 4.64. The van der Waals surface area contributed by atoms with Crippen LogP contribution in [0.15, 0.2) is 17.1 Å². The maximum absolute atomic E-state index is 12.6. The second-order valence-electron chi connectivity index (χ2n) is 5.84. The van der Waals surface area contributed by atoms with Crippen molar-refractivity contribution in [3.05, 3.63) is 33.7 Å². The summed E-state index contributed by atoms with van der Waals surface area (Å²) in [7, 11) is 0. The third-order valence-corrected chi connectivity index (χ3v) is 4.01. The number of pyridine rings is 1. The van der Waals surface area contributed by atoms with E-state index in [2.05, 4.69) is 17.2 Å². The van der Waals surface area contributed by atoms with Crippen molar-refractivity contribution in [3.63, 3.8) is 0 Å². The lowest BCUT2D eigenvalue weighted by atomic mass is 9.97. The fourth-order valence-corrected chi connectivity index (χ4v) is 2.83. The quantitative estimate of drug-likeness (QED) is 0.865. The number of rotatable bonds is 5. The number of carbonyl (C=O) groups is 1. The van der Waals surface area contributed by atoms with Gasteiger partial charge in [-0.2, -0.15) is 0 Å². The third kappa shape index (κ3) is 4.17. The van der Waals surface area contributed by atoms with Crippen LogP contribution in [0.1, 0.15) is 42.2 Å². The molecule has 2 heterocycles. The van der Waals surface area contributed by atoms with E-state index in [-0.39, 0.29) is 16.9 Å². The maximum Gasteiger partial charge on any atom is 0.259 e. The van der Waals surface area contributed by atoms with E-state index >= 15 is 0 Å². The van der Waals surface area contributed by atoms with Gasteiger partial charge in [-0.15, -0.1) is 0 Å². The van der Waals surface area contributed by atoms with Gasteiger partial charge in [0.2, 0.25) is 0 Å². The predicted molar refractivity (Wildman–Crippen MR) is 83.6 cm³/mol. The molecule has 21 heavy (non-hydrogen) atoms. The SMILES string of the molecule is CCCN(CC1CCNCC1)C(=O)c1c[nH]c(C)cc1=O. The number of carbonyl (C=O) groups excluding carboxylic acids is 1. The summed E-state index contributed by atoms with van der Waals surface area (Å²) < 4.78 is 0. The molecule has 1 saturated heterocycles. The summed E-state index contributed by atoms with van der Waals surface area (Å²) in [6, 6.07) is 1.49. The van der Waals surface area contributed by atoms with Gasteiger partial charge in [0.1, 0.15) is 5.56 Å². The summed E-state index contributed by atoms with van der Waals surface area (Å²) in [5.41, 5.74) is 0.836. The number of aromatic amines is 1. The van der Waals surface area contributed by atoms with Crippen LogP contribution in [-0.2, 0) is 0 Å². The summed E-state index contributed by atoms with van der Waals surface area (Å²) in [6.45, 7) is 7.36. The van der Waals surface area contributed by atoms with Gasteiger partial charge < -0.3 is 15.2 Å². The van der Waals surface area contributed by atoms with E-state index in [0.29, 0.717) is 12.5 Å². The second-order valence-corrected chi connectivity index (χ2v) is 5.84. The molecule has 0 unspecified atom stereocenters. The monoisotopic (exact) mass is 291 g/mol. The largest absolute Gasteiger partial charge is 0.364 e. The zero-order valence-corrected chi connectivity index (χ0v) is 12.9. The minimum absolute atomic E-state index is 0.142. The Morgan fingerprint density at radius 2 is 2.10 bits per heavy atom. The molecule has 0 spiro atoms. The van der Waals surface area contributed by atoms with Gasteiger partial charge in [0.15, 0.2) is 5.43 Å².